The van der Waals surface area contributed by atoms with Gasteiger partial charge in [-0.15, -0.1) is 6.58 Å². The Bertz CT molecular complexity index is 5140. The number of allylic oxidation sites excluding steroid dienone is 23. The van der Waals surface area contributed by atoms with Crippen LogP contribution in [0.5, 0.6) is 11.5 Å². The number of furan rings is 1. The fraction of sp³-hybridized carbons (Fsp3) is 0.327. The fourth-order valence-electron chi connectivity index (χ4n) is 20.4. The molecule has 0 aliphatic heterocycles. The van der Waals surface area contributed by atoms with Gasteiger partial charge in [-0.1, -0.05) is 205 Å². The normalized spacial score (nSPS) is 28.6. The zero-order chi connectivity index (χ0) is 73.7. The third-order valence-corrected chi connectivity index (χ3v) is 25.8. The number of hydrogen-bond acceptors (Lipinski definition) is 5. The smallest absolute Gasteiger partial charge is 0.160 e. The molecule has 1 aromatic heterocycles. The van der Waals surface area contributed by atoms with Crippen molar-refractivity contribution < 1.29 is 31.5 Å². The van der Waals surface area contributed by atoms with Crippen molar-refractivity contribution >= 4 is 45.1 Å². The highest BCUT2D eigenvalue weighted by atomic mass is 19.2. The van der Waals surface area contributed by atoms with Crippen LogP contribution in [0.3, 0.4) is 0 Å². The maximum Gasteiger partial charge on any atom is 0.160 e. The number of nitrogens with zero attached hydrogens (tertiary/aromatic N) is 2. The summed E-state index contributed by atoms with van der Waals surface area (Å²) in [5.41, 5.74) is 14.9. The van der Waals surface area contributed by atoms with Crippen LogP contribution in [0.15, 0.2) is 306 Å². The molecule has 0 bridgehead atoms. The molecule has 10 aliphatic carbocycles. The molecule has 0 fully saturated rings. The molecule has 544 valence electrons. The molecule has 9 heteroatoms. The van der Waals surface area contributed by atoms with Crippen molar-refractivity contribution in [2.75, 3.05) is 9.80 Å². The summed E-state index contributed by atoms with van der Waals surface area (Å²) in [6.45, 7) is 21.9. The fourth-order valence-corrected chi connectivity index (χ4v) is 20.4. The average Bonchev–Trinajstić information content (AvgIpc) is 1.55. The summed E-state index contributed by atoms with van der Waals surface area (Å²) >= 11 is 0. The molecule has 0 spiro atoms. The van der Waals surface area contributed by atoms with Gasteiger partial charge in [0.05, 0.1) is 17.8 Å². The summed E-state index contributed by atoms with van der Waals surface area (Å²) < 4.78 is 83.6. The van der Waals surface area contributed by atoms with E-state index in [1.807, 2.05) is 54.6 Å². The van der Waals surface area contributed by atoms with Gasteiger partial charge in [0.25, 0.3) is 0 Å². The number of rotatable bonds is 16. The van der Waals surface area contributed by atoms with Crippen LogP contribution < -0.4 is 14.5 Å². The van der Waals surface area contributed by atoms with Crippen LogP contribution in [-0.2, 0) is 15.6 Å². The van der Waals surface area contributed by atoms with Gasteiger partial charge in [0.15, 0.2) is 17.8 Å². The molecule has 0 N–H and O–H groups in total. The highest BCUT2D eigenvalue weighted by Crippen LogP contribution is 2.66. The highest BCUT2D eigenvalue weighted by Gasteiger charge is 2.60. The molecule has 13 unspecified atom stereocenters. The molecule has 5 nitrogen and oxygen atoms in total. The number of fused-ring (bicyclic) bond motifs is 8. The van der Waals surface area contributed by atoms with Crippen LogP contribution in [0.4, 0.5) is 34.6 Å². The molecule has 10 aliphatic rings. The number of halogens is 4. The van der Waals surface area contributed by atoms with E-state index < -0.39 is 29.0 Å². The molecular weight excluding hydrogens is 1330 g/mol. The molecule has 0 saturated carbocycles. The van der Waals surface area contributed by atoms with Gasteiger partial charge in [-0.2, -0.15) is 0 Å². The molecule has 107 heavy (non-hydrogen) atoms. The quantitative estimate of drug-likeness (QED) is 0.0712. The van der Waals surface area contributed by atoms with Gasteiger partial charge in [0, 0.05) is 81.0 Å². The maximum atomic E-state index is 16.3. The minimum Gasteiger partial charge on any atom is -0.491 e. The Hall–Kier alpha value is -9.86. The lowest BCUT2D eigenvalue weighted by Gasteiger charge is -2.51. The van der Waals surface area contributed by atoms with E-state index in [1.54, 1.807) is 12.1 Å². The Balaban J connectivity index is 0.760. The minimum absolute atomic E-state index is 0.0192. The van der Waals surface area contributed by atoms with E-state index in [-0.39, 0.29) is 70.4 Å². The first-order chi connectivity index (χ1) is 51.8. The number of hydrogen-bond donors (Lipinski definition) is 0. The SMILES string of the molecule is C=Cc1ccc(Oc2ccc(C3(C4=CCC(C(C)(C)C)C=C4)C4=C(C=CC(N(c5ccc(F)c(F)c5)c5ccc6oc7ccc(N(C8=CC=C(F)C(F)C8)C8C=CC9c%10ccccc%10C(C%10=CC=C(C(C)(C)C)CC%10)(C%10CC=C(OC%11C=CC(C=C)CC%11)CC%10)C9C8)cc7c6c5)C4)C4C=CC=CC43)cc2)cc1. The van der Waals surface area contributed by atoms with E-state index in [4.69, 9.17) is 13.9 Å². The van der Waals surface area contributed by atoms with Gasteiger partial charge in [-0.05, 0) is 228 Å². The molecule has 0 amide bonds. The maximum absolute atomic E-state index is 16.3. The Morgan fingerprint density at radius 2 is 1.36 bits per heavy atom. The summed E-state index contributed by atoms with van der Waals surface area (Å²) in [7, 11) is 0. The van der Waals surface area contributed by atoms with Crippen LogP contribution in [0.25, 0.3) is 28.0 Å². The summed E-state index contributed by atoms with van der Waals surface area (Å²) in [5, 5.41) is 1.66. The third kappa shape index (κ3) is 12.4. The molecule has 17 rings (SSSR count). The van der Waals surface area contributed by atoms with Crippen molar-refractivity contribution in [3.8, 4) is 11.5 Å². The summed E-state index contributed by atoms with van der Waals surface area (Å²) in [5.74, 6) is 1.23. The lowest BCUT2D eigenvalue weighted by atomic mass is 9.54. The van der Waals surface area contributed by atoms with Crippen LogP contribution in [0.1, 0.15) is 140 Å². The molecule has 0 saturated heterocycles. The predicted octanol–water partition coefficient (Wildman–Crippen LogP) is 26.1. The molecular formula is C98H96F4N2O3. The van der Waals surface area contributed by atoms with Crippen LogP contribution >= 0.6 is 0 Å². The van der Waals surface area contributed by atoms with E-state index in [0.29, 0.717) is 40.8 Å². The summed E-state index contributed by atoms with van der Waals surface area (Å²) in [6.07, 6.45) is 51.5. The van der Waals surface area contributed by atoms with E-state index >= 15 is 17.6 Å². The van der Waals surface area contributed by atoms with E-state index in [0.717, 1.165) is 108 Å². The highest BCUT2D eigenvalue weighted by molar-refractivity contribution is 6.07. The molecule has 13 atom stereocenters. The second-order valence-electron chi connectivity index (χ2n) is 33.6. The van der Waals surface area contributed by atoms with Gasteiger partial charge >= 0.3 is 0 Å². The van der Waals surface area contributed by atoms with Crippen molar-refractivity contribution in [1.82, 2.24) is 0 Å². The number of alkyl halides is 1. The number of anilines is 3. The van der Waals surface area contributed by atoms with Gasteiger partial charge in [-0.3, -0.25) is 0 Å². The zero-order valence-corrected chi connectivity index (χ0v) is 62.3. The van der Waals surface area contributed by atoms with E-state index in [9.17, 15) is 0 Å². The first-order valence-electron chi connectivity index (χ1n) is 39.0. The summed E-state index contributed by atoms with van der Waals surface area (Å²) in [6, 6.07) is 41.8. The average molecular weight is 1430 g/mol. The second-order valence-corrected chi connectivity index (χ2v) is 33.6. The molecule has 1 heterocycles. The van der Waals surface area contributed by atoms with Gasteiger partial charge in [0.2, 0.25) is 0 Å². The molecule has 0 radical (unpaired) electrons. The third-order valence-electron chi connectivity index (χ3n) is 25.8. The Kier molecular flexibility index (Phi) is 18.2. The monoisotopic (exact) mass is 1420 g/mol. The first-order valence-corrected chi connectivity index (χ1v) is 39.0. The lowest BCUT2D eigenvalue weighted by Crippen LogP contribution is -2.48. The standard InChI is InChI=1S/C98H96F4N2O3/c1-9-61-19-41-75(42-20-61)105-77-45-31-67(32-46-77)97(65-27-23-63(24-28-65)95(3,4)5)85-17-13-11-15-79(85)81-49-35-71(57-87(81)97)103(73-37-51-89(99)91(101)59-73)69-39-53-93-83(55-69)84-56-70(40-54-94(84)107-93)104(74-38-52-90(100)92(102)60-74)72-36-50-82-80-16-12-14-18-86(80)98(88(82)58-72,66-29-25-64(26-30-66)96(6,7)8)68-33-47-78(48-34-68)106-76-43-21-62(10-2)22-44-76/h9-21,23,25,27-29,31-32,35-43,45-47,49-56,59,62-63,68,71-72,76,79,82,85,88,92H,1-2,22,24,26,30,33-34,44,48,57-58,60H2,3-8H3. The second kappa shape index (κ2) is 27.7. The summed E-state index contributed by atoms with van der Waals surface area (Å²) in [4.78, 5) is 4.45. The largest absolute Gasteiger partial charge is 0.491 e. The van der Waals surface area contributed by atoms with Crippen LogP contribution in [0.2, 0.25) is 0 Å². The Labute approximate surface area is 628 Å². The molecule has 6 aromatic carbocycles. The Morgan fingerprint density at radius 1 is 0.617 bits per heavy atom. The molecule has 7 aromatic rings. The van der Waals surface area contributed by atoms with Crippen LogP contribution in [-0.4, -0.2) is 24.4 Å². The minimum atomic E-state index is -1.80. The first kappa shape index (κ1) is 70.1. The van der Waals surface area contributed by atoms with Crippen molar-refractivity contribution in [3.63, 3.8) is 0 Å². The number of benzene rings is 6. The van der Waals surface area contributed by atoms with E-state index in [2.05, 4.69) is 228 Å². The van der Waals surface area contributed by atoms with E-state index in [1.165, 1.54) is 57.2 Å². The van der Waals surface area contributed by atoms with Crippen molar-refractivity contribution in [2.24, 2.45) is 46.3 Å². The van der Waals surface area contributed by atoms with Crippen molar-refractivity contribution in [2.45, 2.75) is 153 Å². The lowest BCUT2D eigenvalue weighted by molar-refractivity contribution is 0.108. The topological polar surface area (TPSA) is 38.1 Å². The van der Waals surface area contributed by atoms with Gasteiger partial charge < -0.3 is 23.7 Å². The zero-order valence-electron chi connectivity index (χ0n) is 62.3. The Morgan fingerprint density at radius 3 is 2.02 bits per heavy atom. The van der Waals surface area contributed by atoms with Crippen molar-refractivity contribution in [3.05, 3.63) is 335 Å². The van der Waals surface area contributed by atoms with Gasteiger partial charge in [0.1, 0.15) is 34.6 Å². The van der Waals surface area contributed by atoms with Crippen molar-refractivity contribution in [1.29, 1.82) is 0 Å². The predicted molar refractivity (Wildman–Crippen MR) is 430 cm³/mol. The van der Waals surface area contributed by atoms with Crippen LogP contribution in [0, 0.1) is 58.0 Å². The number of ether oxygens (including phenoxy) is 2. The van der Waals surface area contributed by atoms with Gasteiger partial charge in [-0.25, -0.2) is 17.6 Å².